The number of ether oxygens (including phenoxy) is 1. The summed E-state index contributed by atoms with van der Waals surface area (Å²) in [6.07, 6.45) is 1.74. The Morgan fingerprint density at radius 1 is 1.14 bits per heavy atom. The van der Waals surface area contributed by atoms with E-state index in [0.717, 1.165) is 15.4 Å². The smallest absolute Gasteiger partial charge is 0.196 e. The molecule has 21 heavy (non-hydrogen) atoms. The fourth-order valence-corrected chi connectivity index (χ4v) is 2.57. The molecule has 0 atom stereocenters. The zero-order chi connectivity index (χ0) is 14.8. The molecule has 0 bridgehead atoms. The third-order valence-corrected chi connectivity index (χ3v) is 3.77. The quantitative estimate of drug-likeness (QED) is 0.669. The number of hydrogen-bond acceptors (Lipinski definition) is 3. The van der Waals surface area contributed by atoms with Gasteiger partial charge in [0.25, 0.3) is 0 Å². The summed E-state index contributed by atoms with van der Waals surface area (Å²) in [4.78, 5) is 16.9. The van der Waals surface area contributed by atoms with Crippen molar-refractivity contribution in [1.82, 2.24) is 4.98 Å². The van der Waals surface area contributed by atoms with E-state index in [0.29, 0.717) is 16.9 Å². The lowest BCUT2D eigenvalue weighted by Gasteiger charge is -2.08. The molecule has 0 unspecified atom stereocenters. The van der Waals surface area contributed by atoms with Crippen LogP contribution in [0.1, 0.15) is 15.9 Å². The van der Waals surface area contributed by atoms with Crippen molar-refractivity contribution in [1.29, 1.82) is 0 Å². The van der Waals surface area contributed by atoms with Gasteiger partial charge >= 0.3 is 0 Å². The summed E-state index contributed by atoms with van der Waals surface area (Å²) in [5.41, 5.74) is 2.04. The van der Waals surface area contributed by atoms with Crippen LogP contribution in [-0.4, -0.2) is 17.9 Å². The summed E-state index contributed by atoms with van der Waals surface area (Å²) in [6.45, 7) is 0. The van der Waals surface area contributed by atoms with E-state index < -0.39 is 0 Å². The largest absolute Gasteiger partial charge is 0.496 e. The number of halogens is 1. The number of methoxy groups -OCH3 is 1. The first-order chi connectivity index (χ1) is 10.2. The van der Waals surface area contributed by atoms with Crippen molar-refractivity contribution in [2.24, 2.45) is 0 Å². The molecule has 1 aromatic heterocycles. The molecule has 0 N–H and O–H groups in total. The van der Waals surface area contributed by atoms with Crippen molar-refractivity contribution in [3.63, 3.8) is 0 Å². The Morgan fingerprint density at radius 2 is 2.00 bits per heavy atom. The highest BCUT2D eigenvalue weighted by molar-refractivity contribution is 9.10. The first-order valence-corrected chi connectivity index (χ1v) is 7.21. The van der Waals surface area contributed by atoms with Crippen molar-refractivity contribution >= 4 is 32.6 Å². The summed E-state index contributed by atoms with van der Waals surface area (Å²) < 4.78 is 6.17. The molecule has 3 rings (SSSR count). The van der Waals surface area contributed by atoms with Crippen LogP contribution in [0.25, 0.3) is 10.9 Å². The van der Waals surface area contributed by atoms with Crippen LogP contribution in [0.15, 0.2) is 59.2 Å². The molecule has 0 saturated carbocycles. The highest BCUT2D eigenvalue weighted by Gasteiger charge is 2.15. The van der Waals surface area contributed by atoms with E-state index in [1.165, 1.54) is 0 Å². The van der Waals surface area contributed by atoms with E-state index in [9.17, 15) is 4.79 Å². The lowest BCUT2D eigenvalue weighted by Crippen LogP contribution is -2.04. The van der Waals surface area contributed by atoms with Crippen molar-refractivity contribution < 1.29 is 9.53 Å². The summed E-state index contributed by atoms with van der Waals surface area (Å²) in [5.74, 6) is 0.491. The SMILES string of the molecule is COc1cc(Br)ccc1C(=O)c1ccc2ncccc2c1. The van der Waals surface area contributed by atoms with E-state index in [2.05, 4.69) is 20.9 Å². The number of ketones is 1. The zero-order valence-corrected chi connectivity index (χ0v) is 12.9. The molecule has 0 spiro atoms. The first-order valence-electron chi connectivity index (χ1n) is 6.42. The molecule has 0 aliphatic heterocycles. The third-order valence-electron chi connectivity index (χ3n) is 3.27. The number of hydrogen-bond donors (Lipinski definition) is 0. The molecular formula is C17H12BrNO2. The fourth-order valence-electron chi connectivity index (χ4n) is 2.22. The fraction of sp³-hybridized carbons (Fsp3) is 0.0588. The van der Waals surface area contributed by atoms with E-state index >= 15 is 0 Å². The molecule has 2 aromatic carbocycles. The predicted octanol–water partition coefficient (Wildman–Crippen LogP) is 4.24. The number of aromatic nitrogens is 1. The molecule has 0 aliphatic carbocycles. The second kappa shape index (κ2) is 5.66. The number of pyridine rings is 1. The maximum Gasteiger partial charge on any atom is 0.196 e. The van der Waals surface area contributed by atoms with E-state index in [4.69, 9.17) is 4.74 Å². The highest BCUT2D eigenvalue weighted by atomic mass is 79.9. The van der Waals surface area contributed by atoms with Crippen molar-refractivity contribution in [3.8, 4) is 5.75 Å². The maximum absolute atomic E-state index is 12.7. The van der Waals surface area contributed by atoms with Crippen LogP contribution < -0.4 is 4.74 Å². The first kappa shape index (κ1) is 13.8. The summed E-state index contributed by atoms with van der Waals surface area (Å²) >= 11 is 3.38. The van der Waals surface area contributed by atoms with Crippen molar-refractivity contribution in [3.05, 3.63) is 70.3 Å². The Kier molecular flexibility index (Phi) is 3.71. The van der Waals surface area contributed by atoms with Gasteiger partial charge in [0.2, 0.25) is 0 Å². The molecule has 1 heterocycles. The average molecular weight is 342 g/mol. The average Bonchev–Trinajstić information content (AvgIpc) is 2.53. The predicted molar refractivity (Wildman–Crippen MR) is 85.9 cm³/mol. The Bertz CT molecular complexity index is 830. The number of benzene rings is 2. The van der Waals surface area contributed by atoms with Crippen LogP contribution in [0.2, 0.25) is 0 Å². The third kappa shape index (κ3) is 2.67. The Balaban J connectivity index is 2.08. The minimum absolute atomic E-state index is 0.0647. The molecule has 4 heteroatoms. The molecule has 104 valence electrons. The van der Waals surface area contributed by atoms with Gasteiger partial charge in [-0.05, 0) is 42.5 Å². The lowest BCUT2D eigenvalue weighted by molar-refractivity contribution is 0.103. The number of carbonyl (C=O) groups is 1. The Hall–Kier alpha value is -2.20. The van der Waals surface area contributed by atoms with Gasteiger partial charge in [-0.15, -0.1) is 0 Å². The van der Waals surface area contributed by atoms with Gasteiger partial charge in [-0.3, -0.25) is 9.78 Å². The maximum atomic E-state index is 12.7. The van der Waals surface area contributed by atoms with Crippen LogP contribution in [0, 0.1) is 0 Å². The van der Waals surface area contributed by atoms with Gasteiger partial charge in [-0.2, -0.15) is 0 Å². The lowest BCUT2D eigenvalue weighted by atomic mass is 10.0. The normalized spacial score (nSPS) is 10.6. The van der Waals surface area contributed by atoms with E-state index in [1.54, 1.807) is 31.5 Å². The van der Waals surface area contributed by atoms with Crippen LogP contribution >= 0.6 is 15.9 Å². The van der Waals surface area contributed by atoms with Gasteiger partial charge < -0.3 is 4.74 Å². The molecule has 0 saturated heterocycles. The van der Waals surface area contributed by atoms with Gasteiger partial charge in [-0.25, -0.2) is 0 Å². The van der Waals surface area contributed by atoms with E-state index in [1.807, 2.05) is 30.3 Å². The van der Waals surface area contributed by atoms with Crippen molar-refractivity contribution in [2.75, 3.05) is 7.11 Å². The molecule has 0 fully saturated rings. The standard InChI is InChI=1S/C17H12BrNO2/c1-21-16-10-13(18)5-6-14(16)17(20)12-4-7-15-11(9-12)3-2-8-19-15/h2-10H,1H3. The van der Waals surface area contributed by atoms with Gasteiger partial charge in [0, 0.05) is 21.6 Å². The van der Waals surface area contributed by atoms with Crippen LogP contribution in [0.5, 0.6) is 5.75 Å². The van der Waals surface area contributed by atoms with Crippen LogP contribution in [0.3, 0.4) is 0 Å². The molecule has 0 radical (unpaired) electrons. The van der Waals surface area contributed by atoms with E-state index in [-0.39, 0.29) is 5.78 Å². The topological polar surface area (TPSA) is 39.2 Å². The number of fused-ring (bicyclic) bond motifs is 1. The molecule has 3 aromatic rings. The minimum Gasteiger partial charge on any atom is -0.496 e. The zero-order valence-electron chi connectivity index (χ0n) is 11.3. The Morgan fingerprint density at radius 3 is 2.81 bits per heavy atom. The second-order valence-electron chi connectivity index (χ2n) is 4.58. The summed E-state index contributed by atoms with van der Waals surface area (Å²) in [7, 11) is 1.56. The number of carbonyl (C=O) groups excluding carboxylic acids is 1. The van der Waals surface area contributed by atoms with Gasteiger partial charge in [0.1, 0.15) is 5.75 Å². The molecule has 3 nitrogen and oxygen atoms in total. The molecular weight excluding hydrogens is 330 g/mol. The van der Waals surface area contributed by atoms with Crippen LogP contribution in [-0.2, 0) is 0 Å². The summed E-state index contributed by atoms with van der Waals surface area (Å²) in [6, 6.07) is 14.7. The highest BCUT2D eigenvalue weighted by Crippen LogP contribution is 2.26. The molecule has 0 amide bonds. The Labute approximate surface area is 130 Å². The number of rotatable bonds is 3. The van der Waals surface area contributed by atoms with Gasteiger partial charge in [-0.1, -0.05) is 22.0 Å². The molecule has 0 aliphatic rings. The monoisotopic (exact) mass is 341 g/mol. The second-order valence-corrected chi connectivity index (χ2v) is 5.50. The van der Waals surface area contributed by atoms with Crippen LogP contribution in [0.4, 0.5) is 0 Å². The van der Waals surface area contributed by atoms with Gasteiger partial charge in [0.05, 0.1) is 18.2 Å². The van der Waals surface area contributed by atoms with Gasteiger partial charge in [0.15, 0.2) is 5.78 Å². The minimum atomic E-state index is -0.0647. The van der Waals surface area contributed by atoms with Crippen molar-refractivity contribution in [2.45, 2.75) is 0 Å². The number of nitrogens with zero attached hydrogens (tertiary/aromatic N) is 1. The summed E-state index contributed by atoms with van der Waals surface area (Å²) in [5, 5.41) is 0.944.